The monoisotopic (exact) mass is 396 g/mol. The Morgan fingerprint density at radius 2 is 1.83 bits per heavy atom. The quantitative estimate of drug-likeness (QED) is 0.775. The summed E-state index contributed by atoms with van der Waals surface area (Å²) < 4.78 is 21.4. The molecule has 0 unspecified atom stereocenters. The van der Waals surface area contributed by atoms with Crippen LogP contribution in [0.25, 0.3) is 0 Å². The molecule has 0 bridgehead atoms. The lowest BCUT2D eigenvalue weighted by Gasteiger charge is -2.28. The van der Waals surface area contributed by atoms with Crippen molar-refractivity contribution in [1.82, 2.24) is 5.01 Å². The third kappa shape index (κ3) is 3.60. The first-order valence-electron chi connectivity index (χ1n) is 9.43. The van der Waals surface area contributed by atoms with Crippen molar-refractivity contribution in [3.05, 3.63) is 47.5 Å². The van der Waals surface area contributed by atoms with E-state index in [-0.39, 0.29) is 19.1 Å². The van der Waals surface area contributed by atoms with Crippen molar-refractivity contribution in [2.45, 2.75) is 32.2 Å². The fourth-order valence-corrected chi connectivity index (χ4v) is 3.65. The number of rotatable bonds is 5. The van der Waals surface area contributed by atoms with E-state index >= 15 is 0 Å². The van der Waals surface area contributed by atoms with Crippen LogP contribution in [-0.4, -0.2) is 43.2 Å². The van der Waals surface area contributed by atoms with Crippen LogP contribution in [0.2, 0.25) is 0 Å². The molecule has 2 heterocycles. The van der Waals surface area contributed by atoms with Gasteiger partial charge >= 0.3 is 0 Å². The number of nitrogens with zero attached hydrogens (tertiary/aromatic N) is 2. The Hall–Kier alpha value is -3.22. The Kier molecular flexibility index (Phi) is 4.82. The molecule has 0 saturated carbocycles. The van der Waals surface area contributed by atoms with E-state index in [1.807, 2.05) is 50.2 Å². The second-order valence-corrected chi connectivity index (χ2v) is 7.68. The highest BCUT2D eigenvalue weighted by molar-refractivity contribution is 6.04. The molecule has 1 amide bonds. The van der Waals surface area contributed by atoms with Gasteiger partial charge in [-0.05, 0) is 49.7 Å². The Balaban J connectivity index is 1.56. The van der Waals surface area contributed by atoms with Crippen molar-refractivity contribution >= 4 is 11.6 Å². The maximum absolute atomic E-state index is 13.0. The van der Waals surface area contributed by atoms with E-state index in [4.69, 9.17) is 18.9 Å². The predicted octanol–water partition coefficient (Wildman–Crippen LogP) is 3.39. The maximum atomic E-state index is 13.0. The summed E-state index contributed by atoms with van der Waals surface area (Å²) in [4.78, 5) is 13.0. The van der Waals surface area contributed by atoms with Gasteiger partial charge < -0.3 is 18.9 Å². The maximum Gasteiger partial charge on any atom is 0.247 e. The molecule has 0 spiro atoms. The van der Waals surface area contributed by atoms with Crippen molar-refractivity contribution in [2.75, 3.05) is 21.0 Å². The molecule has 0 fully saturated rings. The molecule has 0 N–H and O–H groups in total. The average molecular weight is 396 g/mol. The fourth-order valence-electron chi connectivity index (χ4n) is 3.65. The van der Waals surface area contributed by atoms with Gasteiger partial charge in [0, 0.05) is 12.0 Å². The van der Waals surface area contributed by atoms with Gasteiger partial charge in [-0.3, -0.25) is 4.79 Å². The highest BCUT2D eigenvalue weighted by Gasteiger charge is 2.38. The highest BCUT2D eigenvalue weighted by Crippen LogP contribution is 2.35. The zero-order valence-electron chi connectivity index (χ0n) is 17.0. The second kappa shape index (κ2) is 7.31. The van der Waals surface area contributed by atoms with Crippen LogP contribution < -0.4 is 18.9 Å². The normalized spacial score (nSPS) is 16.6. The minimum absolute atomic E-state index is 0.0654. The lowest BCUT2D eigenvalue weighted by Crippen LogP contribution is -2.41. The number of carbonyl (C=O) groups excluding carboxylic acids is 1. The Bertz CT molecular complexity index is 983. The summed E-state index contributed by atoms with van der Waals surface area (Å²) in [5.41, 5.74) is 2.20. The summed E-state index contributed by atoms with van der Waals surface area (Å²) in [5, 5.41) is 6.25. The zero-order chi connectivity index (χ0) is 20.6. The Morgan fingerprint density at radius 3 is 2.59 bits per heavy atom. The average Bonchev–Trinajstić information content (AvgIpc) is 3.30. The van der Waals surface area contributed by atoms with E-state index in [0.717, 1.165) is 16.8 Å². The molecular formula is C22H24N2O5. The standard InChI is InChI=1S/C22H24N2O5/c1-22(2)12-16(15-6-8-17(26-3)19(11-15)27-4)23-24(22)21(25)10-14-5-7-18-20(9-14)29-13-28-18/h5-9,11H,10,12-13H2,1-4H3. The molecule has 0 saturated heterocycles. The Morgan fingerprint density at radius 1 is 1.07 bits per heavy atom. The second-order valence-electron chi connectivity index (χ2n) is 7.68. The van der Waals surface area contributed by atoms with E-state index in [0.29, 0.717) is 29.4 Å². The highest BCUT2D eigenvalue weighted by atomic mass is 16.7. The molecular weight excluding hydrogens is 372 g/mol. The van der Waals surface area contributed by atoms with Gasteiger partial charge in [0.25, 0.3) is 0 Å². The van der Waals surface area contributed by atoms with Gasteiger partial charge in [0.15, 0.2) is 23.0 Å². The molecule has 4 rings (SSSR count). The first kappa shape index (κ1) is 19.1. The summed E-state index contributed by atoms with van der Waals surface area (Å²) >= 11 is 0. The minimum atomic E-state index is -0.421. The van der Waals surface area contributed by atoms with E-state index in [2.05, 4.69) is 5.10 Å². The SMILES string of the molecule is COc1ccc(C2=NN(C(=O)Cc3ccc4c(c3)OCO4)C(C)(C)C2)cc1OC. The number of amides is 1. The van der Waals surface area contributed by atoms with Crippen LogP contribution in [0.15, 0.2) is 41.5 Å². The number of hydrogen-bond donors (Lipinski definition) is 0. The Labute approximate surface area is 169 Å². The largest absolute Gasteiger partial charge is 0.493 e. The van der Waals surface area contributed by atoms with Crippen molar-refractivity contribution < 1.29 is 23.7 Å². The van der Waals surface area contributed by atoms with Crippen molar-refractivity contribution in [3.63, 3.8) is 0 Å². The van der Waals surface area contributed by atoms with Crippen molar-refractivity contribution in [2.24, 2.45) is 5.10 Å². The number of carbonyl (C=O) groups is 1. The molecule has 0 atom stereocenters. The molecule has 152 valence electrons. The number of hydrogen-bond acceptors (Lipinski definition) is 6. The number of ether oxygens (including phenoxy) is 4. The summed E-state index contributed by atoms with van der Waals surface area (Å²) in [6.45, 7) is 4.24. The van der Waals surface area contributed by atoms with E-state index < -0.39 is 5.54 Å². The van der Waals surface area contributed by atoms with Crippen molar-refractivity contribution in [1.29, 1.82) is 0 Å². The number of benzene rings is 2. The summed E-state index contributed by atoms with van der Waals surface area (Å²) in [5.74, 6) is 2.60. The first-order chi connectivity index (χ1) is 13.9. The van der Waals surface area contributed by atoms with Crippen molar-refractivity contribution in [3.8, 4) is 23.0 Å². The molecule has 7 heteroatoms. The van der Waals surface area contributed by atoms with Gasteiger partial charge in [-0.15, -0.1) is 0 Å². The van der Waals surface area contributed by atoms with Gasteiger partial charge in [-0.25, -0.2) is 5.01 Å². The number of methoxy groups -OCH3 is 2. The molecule has 2 aromatic carbocycles. The number of hydrazone groups is 1. The lowest BCUT2D eigenvalue weighted by molar-refractivity contribution is -0.134. The van der Waals surface area contributed by atoms with Crippen LogP contribution in [-0.2, 0) is 11.2 Å². The first-order valence-corrected chi connectivity index (χ1v) is 9.43. The molecule has 7 nitrogen and oxygen atoms in total. The smallest absolute Gasteiger partial charge is 0.247 e. The lowest BCUT2D eigenvalue weighted by atomic mass is 9.94. The van der Waals surface area contributed by atoms with E-state index in [1.165, 1.54) is 0 Å². The van der Waals surface area contributed by atoms with Crippen LogP contribution in [0.1, 0.15) is 31.4 Å². The third-order valence-corrected chi connectivity index (χ3v) is 5.14. The topological polar surface area (TPSA) is 69.6 Å². The van der Waals surface area contributed by atoms with Crippen LogP contribution in [0, 0.1) is 0 Å². The van der Waals surface area contributed by atoms with Crippen LogP contribution in [0.5, 0.6) is 23.0 Å². The van der Waals surface area contributed by atoms with Gasteiger partial charge in [-0.2, -0.15) is 5.10 Å². The summed E-state index contributed by atoms with van der Waals surface area (Å²) in [6, 6.07) is 11.2. The summed E-state index contributed by atoms with van der Waals surface area (Å²) in [6.07, 6.45) is 0.887. The van der Waals surface area contributed by atoms with Gasteiger partial charge in [0.1, 0.15) is 0 Å². The molecule has 0 aliphatic carbocycles. The molecule has 0 aromatic heterocycles. The molecule has 29 heavy (non-hydrogen) atoms. The molecule has 2 aromatic rings. The molecule has 0 radical (unpaired) electrons. The van der Waals surface area contributed by atoms with Gasteiger partial charge in [0.2, 0.25) is 12.7 Å². The molecule has 2 aliphatic rings. The fraction of sp³-hybridized carbons (Fsp3) is 0.364. The molecule has 2 aliphatic heterocycles. The van der Waals surface area contributed by atoms with Gasteiger partial charge in [-0.1, -0.05) is 6.07 Å². The van der Waals surface area contributed by atoms with E-state index in [1.54, 1.807) is 19.2 Å². The van der Waals surface area contributed by atoms with Gasteiger partial charge in [0.05, 0.1) is 31.9 Å². The predicted molar refractivity (Wildman–Crippen MR) is 108 cm³/mol. The van der Waals surface area contributed by atoms with Crippen LogP contribution >= 0.6 is 0 Å². The minimum Gasteiger partial charge on any atom is -0.493 e. The number of fused-ring (bicyclic) bond motifs is 1. The zero-order valence-corrected chi connectivity index (χ0v) is 17.0. The van der Waals surface area contributed by atoms with E-state index in [9.17, 15) is 4.79 Å². The van der Waals surface area contributed by atoms with Crippen LogP contribution in [0.3, 0.4) is 0 Å². The third-order valence-electron chi connectivity index (χ3n) is 5.14. The van der Waals surface area contributed by atoms with Crippen LogP contribution in [0.4, 0.5) is 0 Å². The summed E-state index contributed by atoms with van der Waals surface area (Å²) in [7, 11) is 3.20.